The fraction of sp³-hybridized carbons (Fsp3) is 0.115. The molecule has 0 radical (unpaired) electrons. The van der Waals surface area contributed by atoms with Gasteiger partial charge in [-0.3, -0.25) is 14.5 Å². The minimum Gasteiger partial charge on any atom is -0.497 e. The number of fused-ring (bicyclic) bond motifs is 3. The van der Waals surface area contributed by atoms with E-state index in [-0.39, 0.29) is 17.1 Å². The Balaban J connectivity index is 1.62. The molecule has 2 aromatic heterocycles. The van der Waals surface area contributed by atoms with E-state index in [1.54, 1.807) is 36.3 Å². The van der Waals surface area contributed by atoms with Crippen molar-refractivity contribution in [1.82, 2.24) is 4.98 Å². The smallest absolute Gasteiger partial charge is 0.297 e. The number of benzene rings is 3. The van der Waals surface area contributed by atoms with Crippen LogP contribution in [-0.2, 0) is 0 Å². The summed E-state index contributed by atoms with van der Waals surface area (Å²) in [6, 6.07) is 19.7. The maximum Gasteiger partial charge on any atom is 0.297 e. The monoisotopic (exact) mass is 454 g/mol. The predicted octanol–water partition coefficient (Wildman–Crippen LogP) is 5.47. The second kappa shape index (κ2) is 7.28. The molecule has 3 heterocycles. The van der Waals surface area contributed by atoms with Gasteiger partial charge in [0.1, 0.15) is 11.3 Å². The minimum atomic E-state index is -0.652. The summed E-state index contributed by atoms with van der Waals surface area (Å²) in [5.41, 5.74) is 3.22. The minimum absolute atomic E-state index is 0.0648. The lowest BCUT2D eigenvalue weighted by atomic mass is 9.98. The number of thiazole rings is 1. The molecule has 7 heteroatoms. The van der Waals surface area contributed by atoms with Crippen LogP contribution >= 0.6 is 11.3 Å². The number of aryl methyl sites for hydroxylation is 1. The summed E-state index contributed by atoms with van der Waals surface area (Å²) in [6.45, 7) is 2.02. The SMILES string of the molecule is COc1ccc([C@H]2c3c(oc4ccccc4c3=O)C(=O)N2c2nc3ccc(C)cc3s2)cc1. The van der Waals surface area contributed by atoms with E-state index in [2.05, 4.69) is 0 Å². The van der Waals surface area contributed by atoms with Gasteiger partial charge < -0.3 is 9.15 Å². The highest BCUT2D eigenvalue weighted by molar-refractivity contribution is 7.22. The molecule has 1 aliphatic rings. The highest BCUT2D eigenvalue weighted by atomic mass is 32.1. The fourth-order valence-electron chi connectivity index (χ4n) is 4.34. The summed E-state index contributed by atoms with van der Waals surface area (Å²) >= 11 is 1.42. The lowest BCUT2D eigenvalue weighted by molar-refractivity contribution is 0.0971. The third-order valence-corrected chi connectivity index (χ3v) is 6.97. The van der Waals surface area contributed by atoms with Gasteiger partial charge >= 0.3 is 0 Å². The molecule has 33 heavy (non-hydrogen) atoms. The Labute approximate surface area is 192 Å². The van der Waals surface area contributed by atoms with Crippen molar-refractivity contribution in [3.05, 3.63) is 99.4 Å². The van der Waals surface area contributed by atoms with Crippen LogP contribution in [0.2, 0.25) is 0 Å². The van der Waals surface area contributed by atoms with Crippen LogP contribution in [0.4, 0.5) is 5.13 Å². The standard InChI is InChI=1S/C26H18N2O4S/c1-14-7-12-18-20(13-14)33-26(27-18)28-22(15-8-10-16(31-2)11-9-15)21-23(29)17-5-3-4-6-19(17)32-24(21)25(28)30/h3-13,22H,1-2H3/t22-/m0/s1. The fourth-order valence-corrected chi connectivity index (χ4v) is 5.43. The first-order chi connectivity index (χ1) is 16.0. The molecule has 6 nitrogen and oxygen atoms in total. The van der Waals surface area contributed by atoms with Gasteiger partial charge in [0.2, 0.25) is 5.76 Å². The third kappa shape index (κ3) is 2.97. The number of amides is 1. The molecule has 0 fully saturated rings. The number of ether oxygens (including phenoxy) is 1. The Kier molecular flexibility index (Phi) is 4.35. The first-order valence-electron chi connectivity index (χ1n) is 10.5. The van der Waals surface area contributed by atoms with Crippen molar-refractivity contribution in [2.75, 3.05) is 12.0 Å². The zero-order chi connectivity index (χ0) is 22.7. The van der Waals surface area contributed by atoms with Crippen molar-refractivity contribution < 1.29 is 13.9 Å². The average molecular weight is 455 g/mol. The van der Waals surface area contributed by atoms with E-state index < -0.39 is 6.04 Å². The highest BCUT2D eigenvalue weighted by Gasteiger charge is 2.45. The van der Waals surface area contributed by atoms with E-state index in [9.17, 15) is 9.59 Å². The summed E-state index contributed by atoms with van der Waals surface area (Å²) in [7, 11) is 1.60. The van der Waals surface area contributed by atoms with Crippen LogP contribution in [0.15, 0.2) is 75.9 Å². The number of carbonyl (C=O) groups is 1. The van der Waals surface area contributed by atoms with Crippen LogP contribution < -0.4 is 15.1 Å². The van der Waals surface area contributed by atoms with Crippen LogP contribution in [-0.4, -0.2) is 18.0 Å². The molecule has 162 valence electrons. The van der Waals surface area contributed by atoms with Crippen molar-refractivity contribution in [2.24, 2.45) is 0 Å². The van der Waals surface area contributed by atoms with Crippen LogP contribution in [0.1, 0.15) is 33.3 Å². The molecule has 3 aromatic carbocycles. The van der Waals surface area contributed by atoms with Crippen LogP contribution in [0.5, 0.6) is 5.75 Å². The Morgan fingerprint density at radius 2 is 1.82 bits per heavy atom. The summed E-state index contributed by atoms with van der Waals surface area (Å²) in [5.74, 6) is 0.384. The summed E-state index contributed by atoms with van der Waals surface area (Å²) in [4.78, 5) is 33.6. The van der Waals surface area contributed by atoms with Crippen molar-refractivity contribution in [3.63, 3.8) is 0 Å². The van der Waals surface area contributed by atoms with Crippen LogP contribution in [0, 0.1) is 6.92 Å². The normalized spacial score (nSPS) is 15.4. The van der Waals surface area contributed by atoms with Crippen LogP contribution in [0.3, 0.4) is 0 Å². The molecule has 6 rings (SSSR count). The van der Waals surface area contributed by atoms with Gasteiger partial charge in [-0.05, 0) is 54.4 Å². The Morgan fingerprint density at radius 3 is 2.61 bits per heavy atom. The number of methoxy groups -OCH3 is 1. The lowest BCUT2D eigenvalue weighted by Crippen LogP contribution is -2.29. The number of para-hydroxylation sites is 1. The van der Waals surface area contributed by atoms with Crippen molar-refractivity contribution in [2.45, 2.75) is 13.0 Å². The zero-order valence-electron chi connectivity index (χ0n) is 17.9. The highest BCUT2D eigenvalue weighted by Crippen LogP contribution is 2.43. The van der Waals surface area contributed by atoms with E-state index in [4.69, 9.17) is 14.1 Å². The van der Waals surface area contributed by atoms with Crippen LogP contribution in [0.25, 0.3) is 21.2 Å². The van der Waals surface area contributed by atoms with E-state index in [0.29, 0.717) is 27.4 Å². The molecule has 0 aliphatic carbocycles. The van der Waals surface area contributed by atoms with E-state index >= 15 is 0 Å². The van der Waals surface area contributed by atoms with Gasteiger partial charge in [-0.1, -0.05) is 41.7 Å². The molecule has 0 saturated carbocycles. The summed E-state index contributed by atoms with van der Waals surface area (Å²) < 4.78 is 12.3. The quantitative estimate of drug-likeness (QED) is 0.361. The number of anilines is 1. The maximum absolute atomic E-state index is 13.7. The summed E-state index contributed by atoms with van der Waals surface area (Å²) in [6.07, 6.45) is 0. The Bertz CT molecular complexity index is 1620. The number of rotatable bonds is 3. The van der Waals surface area contributed by atoms with Gasteiger partial charge in [0.15, 0.2) is 10.6 Å². The number of hydrogen-bond donors (Lipinski definition) is 0. The molecular weight excluding hydrogens is 436 g/mol. The van der Waals surface area contributed by atoms with Gasteiger partial charge in [0.25, 0.3) is 5.91 Å². The third-order valence-electron chi connectivity index (χ3n) is 5.95. The number of hydrogen-bond acceptors (Lipinski definition) is 6. The molecule has 0 saturated heterocycles. The topological polar surface area (TPSA) is 72.6 Å². The van der Waals surface area contributed by atoms with E-state index in [1.165, 1.54) is 11.3 Å². The largest absolute Gasteiger partial charge is 0.497 e. The van der Waals surface area contributed by atoms with E-state index in [1.807, 2.05) is 49.4 Å². The van der Waals surface area contributed by atoms with Crippen molar-refractivity contribution in [3.8, 4) is 5.75 Å². The van der Waals surface area contributed by atoms with Crippen molar-refractivity contribution in [1.29, 1.82) is 0 Å². The number of carbonyl (C=O) groups excluding carboxylic acids is 1. The maximum atomic E-state index is 13.7. The first-order valence-corrected chi connectivity index (χ1v) is 11.3. The Hall–Kier alpha value is -3.97. The second-order valence-corrected chi connectivity index (χ2v) is 9.00. The molecule has 0 N–H and O–H groups in total. The van der Waals surface area contributed by atoms with Gasteiger partial charge in [-0.25, -0.2) is 4.98 Å². The Morgan fingerprint density at radius 1 is 1.03 bits per heavy atom. The van der Waals surface area contributed by atoms with Gasteiger partial charge in [0, 0.05) is 0 Å². The van der Waals surface area contributed by atoms with E-state index in [0.717, 1.165) is 21.3 Å². The lowest BCUT2D eigenvalue weighted by Gasteiger charge is -2.22. The number of nitrogens with zero attached hydrogens (tertiary/aromatic N) is 2. The molecule has 1 amide bonds. The average Bonchev–Trinajstić information content (AvgIpc) is 3.37. The van der Waals surface area contributed by atoms with Crippen molar-refractivity contribution >= 4 is 43.6 Å². The molecular formula is C26H18N2O4S. The second-order valence-electron chi connectivity index (χ2n) is 7.99. The molecule has 0 bridgehead atoms. The van der Waals surface area contributed by atoms with Gasteiger partial charge in [-0.15, -0.1) is 0 Å². The first kappa shape index (κ1) is 19.7. The predicted molar refractivity (Wildman–Crippen MR) is 128 cm³/mol. The molecule has 1 aliphatic heterocycles. The molecule has 0 unspecified atom stereocenters. The summed E-state index contributed by atoms with van der Waals surface area (Å²) in [5, 5.41) is 0.973. The zero-order valence-corrected chi connectivity index (χ0v) is 18.7. The molecule has 1 atom stereocenters. The van der Waals surface area contributed by atoms with Gasteiger partial charge in [-0.2, -0.15) is 0 Å². The van der Waals surface area contributed by atoms with Gasteiger partial charge in [0.05, 0.1) is 34.3 Å². The molecule has 5 aromatic rings. The number of aromatic nitrogens is 1. The molecule has 0 spiro atoms.